The summed E-state index contributed by atoms with van der Waals surface area (Å²) < 4.78 is 4.87. The number of amides is 3. The highest BCUT2D eigenvalue weighted by Crippen LogP contribution is 2.39. The first-order valence-corrected chi connectivity index (χ1v) is 22.4. The summed E-state index contributed by atoms with van der Waals surface area (Å²) >= 11 is 6.47. The number of hydrogen-bond donors (Lipinski definition) is 5. The van der Waals surface area contributed by atoms with Crippen LogP contribution in [0.2, 0.25) is 0 Å². The van der Waals surface area contributed by atoms with Gasteiger partial charge in [-0.05, 0) is 52.5 Å². The normalized spacial score (nSPS) is 19.3. The molecule has 2 aliphatic rings. The molecule has 4 aromatic carbocycles. The van der Waals surface area contributed by atoms with Crippen molar-refractivity contribution in [2.24, 2.45) is 0 Å². The van der Waals surface area contributed by atoms with Crippen molar-refractivity contribution in [3.63, 3.8) is 0 Å². The lowest BCUT2D eigenvalue weighted by Crippen LogP contribution is -2.43. The molecule has 2 saturated heterocycles. The van der Waals surface area contributed by atoms with Crippen LogP contribution >= 0.6 is 24.4 Å². The predicted molar refractivity (Wildman–Crippen MR) is 245 cm³/mol. The summed E-state index contributed by atoms with van der Waals surface area (Å²) in [6.45, 7) is 0.937. The molecular formula is C47H48N8O6S2. The average molecular weight is 885 g/mol. The lowest BCUT2D eigenvalue weighted by atomic mass is 9.98. The Kier molecular flexibility index (Phi) is 13.6. The largest absolute Gasteiger partial charge is 0.453 e. The fourth-order valence-electron chi connectivity index (χ4n) is 8.39. The van der Waals surface area contributed by atoms with Crippen LogP contribution in [0.1, 0.15) is 59.7 Å². The van der Waals surface area contributed by atoms with E-state index >= 15 is 0 Å². The number of likely N-dealkylation sites (tertiary alicyclic amines) is 2. The number of carbonyl (C=O) groups excluding carboxylic acids is 3. The van der Waals surface area contributed by atoms with Gasteiger partial charge >= 0.3 is 6.09 Å². The van der Waals surface area contributed by atoms with Crippen LogP contribution in [0.5, 0.6) is 0 Å². The van der Waals surface area contributed by atoms with Gasteiger partial charge in [0.2, 0.25) is 12.3 Å². The van der Waals surface area contributed by atoms with Crippen molar-refractivity contribution in [1.29, 1.82) is 5.41 Å². The number of nitrogens with zero attached hydrogens (tertiary/aromatic N) is 4. The van der Waals surface area contributed by atoms with E-state index in [0.717, 1.165) is 45.6 Å². The molecule has 16 heteroatoms. The summed E-state index contributed by atoms with van der Waals surface area (Å²) in [5.41, 5.74) is 7.12. The number of imidazole rings is 2. The summed E-state index contributed by atoms with van der Waals surface area (Å²) in [6, 6.07) is 33.6. The quantitative estimate of drug-likeness (QED) is 0.0170. The number of H-pyrrole nitrogens is 2. The lowest BCUT2D eigenvalue weighted by Gasteiger charge is -2.28. The van der Waals surface area contributed by atoms with Gasteiger partial charge in [-0.15, -0.1) is 0 Å². The Morgan fingerprint density at radius 3 is 1.84 bits per heavy atom. The van der Waals surface area contributed by atoms with Gasteiger partial charge in [-0.2, -0.15) is 29.3 Å². The molecule has 3 amide bonds. The molecule has 2 fully saturated rings. The monoisotopic (exact) mass is 884 g/mol. The van der Waals surface area contributed by atoms with Crippen LogP contribution < -0.4 is 5.32 Å². The number of thioether (sulfide) groups is 1. The van der Waals surface area contributed by atoms with E-state index in [4.69, 9.17) is 42.5 Å². The Morgan fingerprint density at radius 2 is 1.30 bits per heavy atom. The summed E-state index contributed by atoms with van der Waals surface area (Å²) in [5.74, 6) is 0.392. The van der Waals surface area contributed by atoms with Crippen molar-refractivity contribution in [2.75, 3.05) is 33.1 Å². The second-order valence-corrected chi connectivity index (χ2v) is 17.3. The first-order chi connectivity index (χ1) is 30.7. The van der Waals surface area contributed by atoms with E-state index in [0.29, 0.717) is 43.1 Å². The second-order valence-electron chi connectivity index (χ2n) is 15.5. The number of thiol groups is 1. The SMILES string of the molecule is COC(=O)N[C@H](C(=O)N1C[C@@H](SC)C[C@H]1c1ncc(-c2ccc(-c3ccc(-c4cnc([C@@H]5C[C@H](S)CN5C(=O)[C@@H](COOC=N)c5ccccc5)[nH]4)cc3)cc2)[nH]1)c1ccccc1. The molecule has 0 unspecified atom stereocenters. The molecule has 14 nitrogen and oxygen atoms in total. The van der Waals surface area contributed by atoms with E-state index in [9.17, 15) is 14.4 Å². The number of aromatic nitrogens is 4. The third kappa shape index (κ3) is 9.67. The number of hydrogen-bond acceptors (Lipinski definition) is 11. The van der Waals surface area contributed by atoms with Crippen molar-refractivity contribution < 1.29 is 28.9 Å². The molecule has 6 atom stereocenters. The standard InChI is InChI=1S/C47H48N8O6S2/c1-59-47(58)53-42(34-11-7-4-8-12-34)46(57)55-26-36(63-2)22-41(55)44-50-24-39(52-44)33-19-15-30(16-20-33)29-13-17-32(18-14-29)38-23-49-43(51-38)40-21-35(62)25-54(40)45(56)37(27-60-61-28-48)31-9-5-3-6-10-31/h3-20,23-24,28,35-37,40-42,48,62H,21-22,25-27H2,1-2H3,(H,49,51)(H,50,52)(H,53,58)/t35-,36-,37-,40-,41-,42-/m0/s1. The fourth-order valence-corrected chi connectivity index (χ4v) is 9.45. The second kappa shape index (κ2) is 19.8. The van der Waals surface area contributed by atoms with Crippen molar-refractivity contribution in [1.82, 2.24) is 35.1 Å². The van der Waals surface area contributed by atoms with Crippen molar-refractivity contribution in [3.8, 4) is 33.6 Å². The summed E-state index contributed by atoms with van der Waals surface area (Å²) in [7, 11) is 1.28. The van der Waals surface area contributed by atoms with Gasteiger partial charge in [0.05, 0.1) is 48.9 Å². The minimum absolute atomic E-state index is 0.0267. The van der Waals surface area contributed by atoms with Crippen LogP contribution in [0, 0.1) is 5.41 Å². The molecule has 0 aliphatic carbocycles. The number of rotatable bonds is 15. The van der Waals surface area contributed by atoms with E-state index in [1.165, 1.54) is 7.11 Å². The molecular weight excluding hydrogens is 837 g/mol. The van der Waals surface area contributed by atoms with Crippen LogP contribution in [0.15, 0.2) is 122 Å². The van der Waals surface area contributed by atoms with E-state index in [-0.39, 0.29) is 41.0 Å². The molecule has 0 saturated carbocycles. The van der Waals surface area contributed by atoms with Gasteiger partial charge in [-0.25, -0.2) is 14.8 Å². The summed E-state index contributed by atoms with van der Waals surface area (Å²) in [6.07, 6.45) is 7.01. The number of carbonyl (C=O) groups is 3. The molecule has 8 rings (SSSR count). The molecule has 0 spiro atoms. The number of alkyl carbamates (subject to hydrolysis) is 1. The number of nitrogens with one attached hydrogen (secondary N) is 4. The summed E-state index contributed by atoms with van der Waals surface area (Å²) in [4.78, 5) is 70.5. The minimum Gasteiger partial charge on any atom is -0.453 e. The Bertz CT molecular complexity index is 2500. The van der Waals surface area contributed by atoms with E-state index < -0.39 is 18.1 Å². The van der Waals surface area contributed by atoms with Gasteiger partial charge in [-0.1, -0.05) is 109 Å². The van der Waals surface area contributed by atoms with Gasteiger partial charge in [0.25, 0.3) is 5.91 Å². The molecule has 63 heavy (non-hydrogen) atoms. The number of aromatic amines is 2. The van der Waals surface area contributed by atoms with Gasteiger partial charge in [0.15, 0.2) is 0 Å². The molecule has 2 aliphatic heterocycles. The zero-order valence-electron chi connectivity index (χ0n) is 34.7. The minimum atomic E-state index is -0.906. The maximum Gasteiger partial charge on any atom is 0.407 e. The molecule has 6 aromatic rings. The zero-order chi connectivity index (χ0) is 43.9. The Morgan fingerprint density at radius 1 is 0.778 bits per heavy atom. The van der Waals surface area contributed by atoms with Crippen LogP contribution in [-0.4, -0.2) is 97.6 Å². The van der Waals surface area contributed by atoms with Crippen LogP contribution in [0.25, 0.3) is 33.6 Å². The fraction of sp³-hybridized carbons (Fsp3) is 0.277. The maximum absolute atomic E-state index is 14.2. The molecule has 4 heterocycles. The number of benzene rings is 4. The van der Waals surface area contributed by atoms with E-state index in [1.807, 2.05) is 88.9 Å². The number of ether oxygens (including phenoxy) is 1. The Hall–Kier alpha value is -6.36. The van der Waals surface area contributed by atoms with Gasteiger partial charge in [0, 0.05) is 23.6 Å². The highest BCUT2D eigenvalue weighted by molar-refractivity contribution is 7.99. The van der Waals surface area contributed by atoms with Gasteiger partial charge < -0.3 is 34.7 Å². The number of methoxy groups -OCH3 is 1. The van der Waals surface area contributed by atoms with Crippen LogP contribution in [0.3, 0.4) is 0 Å². The molecule has 2 aromatic heterocycles. The average Bonchev–Trinajstić information content (AvgIpc) is 4.17. The topological polar surface area (TPSA) is 179 Å². The molecule has 324 valence electrons. The highest BCUT2D eigenvalue weighted by Gasteiger charge is 2.42. The van der Waals surface area contributed by atoms with E-state index in [1.54, 1.807) is 24.2 Å². The molecule has 0 bridgehead atoms. The first kappa shape index (κ1) is 43.3. The van der Waals surface area contributed by atoms with Crippen molar-refractivity contribution in [2.45, 2.75) is 47.4 Å². The maximum atomic E-state index is 14.2. The third-order valence-electron chi connectivity index (χ3n) is 11.7. The van der Waals surface area contributed by atoms with Gasteiger partial charge in [0.1, 0.15) is 24.3 Å². The predicted octanol–water partition coefficient (Wildman–Crippen LogP) is 8.15. The van der Waals surface area contributed by atoms with Crippen molar-refractivity contribution >= 4 is 48.7 Å². The van der Waals surface area contributed by atoms with E-state index in [2.05, 4.69) is 51.7 Å². The third-order valence-corrected chi connectivity index (χ3v) is 13.0. The summed E-state index contributed by atoms with van der Waals surface area (Å²) in [5, 5.41) is 10.1. The van der Waals surface area contributed by atoms with Crippen molar-refractivity contribution in [3.05, 3.63) is 144 Å². The lowest BCUT2D eigenvalue weighted by molar-refractivity contribution is -0.221. The Labute approximate surface area is 375 Å². The first-order valence-electron chi connectivity index (χ1n) is 20.6. The van der Waals surface area contributed by atoms with Crippen LogP contribution in [-0.2, 0) is 24.1 Å². The molecule has 0 radical (unpaired) electrons. The highest BCUT2D eigenvalue weighted by atomic mass is 32.2. The smallest absolute Gasteiger partial charge is 0.407 e. The Balaban J connectivity index is 0.946. The molecule has 4 N–H and O–H groups in total. The van der Waals surface area contributed by atoms with Crippen LogP contribution in [0.4, 0.5) is 4.79 Å². The van der Waals surface area contributed by atoms with Gasteiger partial charge in [-0.3, -0.25) is 15.0 Å². The zero-order valence-corrected chi connectivity index (χ0v) is 36.4.